The quantitative estimate of drug-likeness (QED) is 0.834. The highest BCUT2D eigenvalue weighted by molar-refractivity contribution is 5.35. The summed E-state index contributed by atoms with van der Waals surface area (Å²) in [5.41, 5.74) is 6.59. The summed E-state index contributed by atoms with van der Waals surface area (Å²) in [6.07, 6.45) is 0. The predicted molar refractivity (Wildman–Crippen MR) is 63.2 cm³/mol. The van der Waals surface area contributed by atoms with E-state index in [1.165, 1.54) is 6.07 Å². The Kier molecular flexibility index (Phi) is 5.31. The summed E-state index contributed by atoms with van der Waals surface area (Å²) in [6.45, 7) is 0.632. The Morgan fingerprint density at radius 2 is 2.00 bits per heavy atom. The van der Waals surface area contributed by atoms with Crippen LogP contribution in [0.2, 0.25) is 0 Å². The second kappa shape index (κ2) is 6.51. The minimum absolute atomic E-state index is 0.152. The normalized spacial score (nSPS) is 13.1. The summed E-state index contributed by atoms with van der Waals surface area (Å²) in [6, 6.07) is 6.30. The lowest BCUT2D eigenvalue weighted by Gasteiger charge is -2.21. The van der Waals surface area contributed by atoms with Crippen LogP contribution >= 0.6 is 0 Å². The third-order valence-electron chi connectivity index (χ3n) is 2.58. The number of nitrogens with two attached hydrogens (primary N) is 1. The lowest BCUT2D eigenvalue weighted by atomic mass is 10.1. The molecule has 1 atom stereocenters. The summed E-state index contributed by atoms with van der Waals surface area (Å²) in [7, 11) is 1.93. The molecule has 0 aliphatic rings. The van der Waals surface area contributed by atoms with E-state index in [1.54, 1.807) is 18.2 Å². The zero-order valence-electron chi connectivity index (χ0n) is 10.1. The number of alkyl halides is 2. The Balaban J connectivity index is 2.81. The Bertz CT molecular complexity index is 347. The van der Waals surface area contributed by atoms with E-state index in [-0.39, 0.29) is 11.8 Å². The van der Waals surface area contributed by atoms with Gasteiger partial charge in [0, 0.05) is 18.2 Å². The number of nitrogens with zero attached hydrogens (tertiary/aromatic N) is 1. The fraction of sp³-hybridized carbons (Fsp3) is 0.500. The van der Waals surface area contributed by atoms with Gasteiger partial charge in [0.2, 0.25) is 0 Å². The van der Waals surface area contributed by atoms with Crippen LogP contribution in [0.1, 0.15) is 18.5 Å². The minimum atomic E-state index is -2.83. The van der Waals surface area contributed by atoms with Gasteiger partial charge in [-0.25, -0.2) is 0 Å². The first-order valence-corrected chi connectivity index (χ1v) is 5.52. The van der Waals surface area contributed by atoms with Crippen molar-refractivity contribution in [2.24, 2.45) is 5.73 Å². The third-order valence-corrected chi connectivity index (χ3v) is 2.58. The molecule has 1 aromatic carbocycles. The number of likely N-dealkylation sites (N-methyl/N-ethyl adjacent to an activating group) is 1. The van der Waals surface area contributed by atoms with Crippen LogP contribution in [0.5, 0.6) is 5.75 Å². The van der Waals surface area contributed by atoms with Gasteiger partial charge in [0.05, 0.1) is 0 Å². The number of rotatable bonds is 6. The maximum atomic E-state index is 12.2. The molecule has 3 nitrogen and oxygen atoms in total. The van der Waals surface area contributed by atoms with E-state index in [4.69, 9.17) is 5.73 Å². The van der Waals surface area contributed by atoms with Gasteiger partial charge in [-0.2, -0.15) is 8.78 Å². The van der Waals surface area contributed by atoms with E-state index in [0.717, 1.165) is 6.54 Å². The molecule has 0 radical (unpaired) electrons. The average molecular weight is 244 g/mol. The monoisotopic (exact) mass is 244 g/mol. The highest BCUT2D eigenvalue weighted by Crippen LogP contribution is 2.25. The summed E-state index contributed by atoms with van der Waals surface area (Å²) in [5, 5.41) is 0. The maximum absolute atomic E-state index is 12.2. The molecule has 0 aliphatic heterocycles. The van der Waals surface area contributed by atoms with Gasteiger partial charge in [-0.3, -0.25) is 0 Å². The largest absolute Gasteiger partial charge is 0.434 e. The van der Waals surface area contributed by atoms with Gasteiger partial charge in [-0.15, -0.1) is 0 Å². The SMILES string of the molecule is CCN(C)CC(N)c1ccccc1OC(F)F. The molecule has 1 aromatic rings. The smallest absolute Gasteiger partial charge is 0.387 e. The van der Waals surface area contributed by atoms with Crippen LogP contribution in [0, 0.1) is 0 Å². The molecule has 17 heavy (non-hydrogen) atoms. The van der Waals surface area contributed by atoms with Crippen molar-refractivity contribution in [3.63, 3.8) is 0 Å². The number of ether oxygens (including phenoxy) is 1. The van der Waals surface area contributed by atoms with Crippen LogP contribution in [-0.4, -0.2) is 31.6 Å². The molecule has 1 rings (SSSR count). The van der Waals surface area contributed by atoms with Gasteiger partial charge in [0.25, 0.3) is 0 Å². The summed E-state index contributed by atoms with van der Waals surface area (Å²) in [5.74, 6) is 0.152. The standard InChI is InChI=1S/C12H18F2N2O/c1-3-16(2)8-10(15)9-6-4-5-7-11(9)17-12(13)14/h4-7,10,12H,3,8,15H2,1-2H3. The molecule has 5 heteroatoms. The number of benzene rings is 1. The van der Waals surface area contributed by atoms with Crippen molar-refractivity contribution >= 4 is 0 Å². The predicted octanol–water partition coefficient (Wildman–Crippen LogP) is 2.24. The molecule has 1 unspecified atom stereocenters. The molecular weight excluding hydrogens is 226 g/mol. The van der Waals surface area contributed by atoms with Crippen molar-refractivity contribution in [3.8, 4) is 5.75 Å². The molecule has 96 valence electrons. The van der Waals surface area contributed by atoms with E-state index in [2.05, 4.69) is 4.74 Å². The van der Waals surface area contributed by atoms with Crippen molar-refractivity contribution in [1.82, 2.24) is 4.90 Å². The molecule has 0 aromatic heterocycles. The lowest BCUT2D eigenvalue weighted by molar-refractivity contribution is -0.0506. The van der Waals surface area contributed by atoms with E-state index >= 15 is 0 Å². The average Bonchev–Trinajstić information content (AvgIpc) is 2.28. The Morgan fingerprint density at radius 1 is 1.35 bits per heavy atom. The van der Waals surface area contributed by atoms with Gasteiger partial charge in [0.1, 0.15) is 5.75 Å². The second-order valence-electron chi connectivity index (χ2n) is 3.88. The summed E-state index contributed by atoms with van der Waals surface area (Å²) in [4.78, 5) is 2.02. The molecule has 0 heterocycles. The first kappa shape index (κ1) is 13.9. The van der Waals surface area contributed by atoms with Gasteiger partial charge < -0.3 is 15.4 Å². The molecule has 0 spiro atoms. The first-order valence-electron chi connectivity index (χ1n) is 5.52. The Morgan fingerprint density at radius 3 is 2.59 bits per heavy atom. The number of hydrogen-bond donors (Lipinski definition) is 1. The van der Waals surface area contributed by atoms with Crippen LogP contribution in [0.3, 0.4) is 0 Å². The molecular formula is C12H18F2N2O. The summed E-state index contributed by atoms with van der Waals surface area (Å²) < 4.78 is 28.9. The van der Waals surface area contributed by atoms with Crippen molar-refractivity contribution < 1.29 is 13.5 Å². The zero-order chi connectivity index (χ0) is 12.8. The second-order valence-corrected chi connectivity index (χ2v) is 3.88. The Hall–Kier alpha value is -1.20. The van der Waals surface area contributed by atoms with E-state index in [1.807, 2.05) is 18.9 Å². The molecule has 0 amide bonds. The van der Waals surface area contributed by atoms with Crippen molar-refractivity contribution in [2.45, 2.75) is 19.6 Å². The molecule has 0 fully saturated rings. The molecule has 0 bridgehead atoms. The molecule has 0 saturated heterocycles. The highest BCUT2D eigenvalue weighted by Gasteiger charge is 2.15. The van der Waals surface area contributed by atoms with Crippen molar-refractivity contribution in [3.05, 3.63) is 29.8 Å². The van der Waals surface area contributed by atoms with Crippen LogP contribution in [-0.2, 0) is 0 Å². The summed E-state index contributed by atoms with van der Waals surface area (Å²) >= 11 is 0. The molecule has 0 aliphatic carbocycles. The van der Waals surface area contributed by atoms with Gasteiger partial charge in [-0.1, -0.05) is 25.1 Å². The highest BCUT2D eigenvalue weighted by atomic mass is 19.3. The van der Waals surface area contributed by atoms with Crippen LogP contribution in [0.25, 0.3) is 0 Å². The first-order chi connectivity index (χ1) is 8.04. The van der Waals surface area contributed by atoms with Crippen LogP contribution in [0.4, 0.5) is 8.78 Å². The fourth-order valence-corrected chi connectivity index (χ4v) is 1.55. The van der Waals surface area contributed by atoms with E-state index in [0.29, 0.717) is 12.1 Å². The third kappa shape index (κ3) is 4.28. The van der Waals surface area contributed by atoms with Crippen molar-refractivity contribution in [2.75, 3.05) is 20.1 Å². The van der Waals surface area contributed by atoms with E-state index in [9.17, 15) is 8.78 Å². The van der Waals surface area contributed by atoms with Gasteiger partial charge in [-0.05, 0) is 19.7 Å². The van der Waals surface area contributed by atoms with Crippen LogP contribution < -0.4 is 10.5 Å². The maximum Gasteiger partial charge on any atom is 0.387 e. The zero-order valence-corrected chi connectivity index (χ0v) is 10.1. The van der Waals surface area contributed by atoms with Gasteiger partial charge >= 0.3 is 6.61 Å². The fourth-order valence-electron chi connectivity index (χ4n) is 1.55. The lowest BCUT2D eigenvalue weighted by Crippen LogP contribution is -2.29. The number of hydrogen-bond acceptors (Lipinski definition) is 3. The Labute approximate surface area is 100 Å². The molecule has 2 N–H and O–H groups in total. The molecule has 0 saturated carbocycles. The number of halogens is 2. The van der Waals surface area contributed by atoms with Crippen LogP contribution in [0.15, 0.2) is 24.3 Å². The topological polar surface area (TPSA) is 38.5 Å². The van der Waals surface area contributed by atoms with Gasteiger partial charge in [0.15, 0.2) is 0 Å². The van der Waals surface area contributed by atoms with Crippen molar-refractivity contribution in [1.29, 1.82) is 0 Å². The minimum Gasteiger partial charge on any atom is -0.434 e. The number of para-hydroxylation sites is 1. The van der Waals surface area contributed by atoms with E-state index < -0.39 is 6.61 Å².